The Balaban J connectivity index is 2.38. The van der Waals surface area contributed by atoms with Gasteiger partial charge in [0.15, 0.2) is 11.5 Å². The Hall–Kier alpha value is -1.18. The Kier molecular flexibility index (Phi) is 2.36. The molecule has 0 fully saturated rings. The maximum Gasteiger partial charge on any atom is 0.161 e. The van der Waals surface area contributed by atoms with Gasteiger partial charge in [0.05, 0.1) is 14.2 Å². The summed E-state index contributed by atoms with van der Waals surface area (Å²) in [6.07, 6.45) is 2.40. The zero-order valence-corrected chi connectivity index (χ0v) is 8.96. The van der Waals surface area contributed by atoms with E-state index in [1.54, 1.807) is 14.2 Å². The minimum absolute atomic E-state index is 0.727. The Morgan fingerprint density at radius 3 is 2.43 bits per heavy atom. The second-order valence-corrected chi connectivity index (χ2v) is 3.72. The number of hydrogen-bond donors (Lipinski definition) is 0. The van der Waals surface area contributed by atoms with Gasteiger partial charge in [0.1, 0.15) is 0 Å². The van der Waals surface area contributed by atoms with Crippen LogP contribution in [0.2, 0.25) is 0 Å². The SMILES string of the molecule is CCC1Cc2cc(OC)c(OC)cc21. The molecule has 2 heteroatoms. The minimum atomic E-state index is 0.727. The molecular weight excluding hydrogens is 176 g/mol. The topological polar surface area (TPSA) is 18.5 Å². The largest absolute Gasteiger partial charge is 0.493 e. The Bertz CT molecular complexity index is 344. The molecule has 0 amide bonds. The molecule has 0 saturated heterocycles. The van der Waals surface area contributed by atoms with Crippen LogP contribution in [-0.4, -0.2) is 14.2 Å². The van der Waals surface area contributed by atoms with Crippen molar-refractivity contribution in [2.75, 3.05) is 14.2 Å². The van der Waals surface area contributed by atoms with Crippen molar-refractivity contribution in [2.45, 2.75) is 25.7 Å². The van der Waals surface area contributed by atoms with Crippen molar-refractivity contribution in [1.29, 1.82) is 0 Å². The average Bonchev–Trinajstić information content (AvgIpc) is 2.20. The molecule has 2 rings (SSSR count). The molecule has 1 atom stereocenters. The maximum absolute atomic E-state index is 5.27. The number of benzene rings is 1. The first-order chi connectivity index (χ1) is 6.80. The molecular formula is C12H16O2. The second kappa shape index (κ2) is 3.52. The van der Waals surface area contributed by atoms with E-state index in [2.05, 4.69) is 19.1 Å². The van der Waals surface area contributed by atoms with E-state index in [0.29, 0.717) is 0 Å². The van der Waals surface area contributed by atoms with E-state index in [9.17, 15) is 0 Å². The first kappa shape index (κ1) is 9.38. The molecule has 1 aliphatic carbocycles. The molecule has 0 N–H and O–H groups in total. The fraction of sp³-hybridized carbons (Fsp3) is 0.500. The second-order valence-electron chi connectivity index (χ2n) is 3.72. The van der Waals surface area contributed by atoms with Crippen LogP contribution in [0.3, 0.4) is 0 Å². The van der Waals surface area contributed by atoms with Gasteiger partial charge in [-0.1, -0.05) is 6.92 Å². The first-order valence-electron chi connectivity index (χ1n) is 5.05. The number of methoxy groups -OCH3 is 2. The Morgan fingerprint density at radius 1 is 1.21 bits per heavy atom. The average molecular weight is 192 g/mol. The van der Waals surface area contributed by atoms with Gasteiger partial charge in [-0.05, 0) is 42.0 Å². The third-order valence-electron chi connectivity index (χ3n) is 3.04. The van der Waals surface area contributed by atoms with Crippen LogP contribution >= 0.6 is 0 Å². The molecule has 14 heavy (non-hydrogen) atoms. The highest BCUT2D eigenvalue weighted by molar-refractivity contribution is 5.53. The zero-order valence-electron chi connectivity index (χ0n) is 8.96. The normalized spacial score (nSPS) is 18.4. The summed E-state index contributed by atoms with van der Waals surface area (Å²) in [6.45, 7) is 2.23. The van der Waals surface area contributed by atoms with E-state index in [1.807, 2.05) is 0 Å². The van der Waals surface area contributed by atoms with Crippen LogP contribution in [0.5, 0.6) is 11.5 Å². The zero-order chi connectivity index (χ0) is 10.1. The summed E-state index contributed by atoms with van der Waals surface area (Å²) < 4.78 is 10.5. The number of fused-ring (bicyclic) bond motifs is 1. The van der Waals surface area contributed by atoms with Crippen molar-refractivity contribution in [2.24, 2.45) is 0 Å². The van der Waals surface area contributed by atoms with Crippen LogP contribution < -0.4 is 9.47 Å². The Labute approximate surface area is 84.8 Å². The summed E-state index contributed by atoms with van der Waals surface area (Å²) in [6, 6.07) is 4.21. The lowest BCUT2D eigenvalue weighted by atomic mass is 9.76. The standard InChI is InChI=1S/C12H16O2/c1-4-8-5-9-6-11(13-2)12(14-3)7-10(8)9/h6-8H,4-5H2,1-3H3. The molecule has 0 aromatic heterocycles. The van der Waals surface area contributed by atoms with Gasteiger partial charge in [-0.3, -0.25) is 0 Å². The molecule has 1 aliphatic rings. The highest BCUT2D eigenvalue weighted by Crippen LogP contribution is 2.43. The number of hydrogen-bond acceptors (Lipinski definition) is 2. The van der Waals surface area contributed by atoms with Gasteiger partial charge >= 0.3 is 0 Å². The maximum atomic E-state index is 5.27. The smallest absolute Gasteiger partial charge is 0.161 e. The minimum Gasteiger partial charge on any atom is -0.493 e. The number of ether oxygens (including phenoxy) is 2. The fourth-order valence-corrected chi connectivity index (χ4v) is 2.10. The number of rotatable bonds is 3. The summed E-state index contributed by atoms with van der Waals surface area (Å²) in [7, 11) is 3.37. The molecule has 0 radical (unpaired) electrons. The van der Waals surface area contributed by atoms with Crippen molar-refractivity contribution in [3.63, 3.8) is 0 Å². The van der Waals surface area contributed by atoms with Crippen LogP contribution in [0.25, 0.3) is 0 Å². The molecule has 0 saturated carbocycles. The molecule has 1 aromatic rings. The molecule has 76 valence electrons. The molecule has 1 aromatic carbocycles. The van der Waals surface area contributed by atoms with Crippen LogP contribution in [0.15, 0.2) is 12.1 Å². The fourth-order valence-electron chi connectivity index (χ4n) is 2.10. The van der Waals surface area contributed by atoms with Gasteiger partial charge in [-0.15, -0.1) is 0 Å². The van der Waals surface area contributed by atoms with Gasteiger partial charge < -0.3 is 9.47 Å². The van der Waals surface area contributed by atoms with E-state index in [4.69, 9.17) is 9.47 Å². The Morgan fingerprint density at radius 2 is 1.86 bits per heavy atom. The van der Waals surface area contributed by atoms with E-state index in [0.717, 1.165) is 17.4 Å². The van der Waals surface area contributed by atoms with E-state index in [-0.39, 0.29) is 0 Å². The third kappa shape index (κ3) is 1.26. The highest BCUT2D eigenvalue weighted by Gasteiger charge is 2.26. The molecule has 0 aliphatic heterocycles. The lowest BCUT2D eigenvalue weighted by Crippen LogP contribution is -2.16. The summed E-state index contributed by atoms with van der Waals surface area (Å²) in [5.74, 6) is 2.43. The van der Waals surface area contributed by atoms with Crippen molar-refractivity contribution >= 4 is 0 Å². The summed E-state index contributed by atoms with van der Waals surface area (Å²) in [5.41, 5.74) is 2.85. The van der Waals surface area contributed by atoms with Crippen molar-refractivity contribution in [3.05, 3.63) is 23.3 Å². The quantitative estimate of drug-likeness (QED) is 0.733. The molecule has 2 nitrogen and oxygen atoms in total. The van der Waals surface area contributed by atoms with Crippen LogP contribution in [0.1, 0.15) is 30.4 Å². The van der Waals surface area contributed by atoms with Crippen molar-refractivity contribution < 1.29 is 9.47 Å². The summed E-state index contributed by atoms with van der Waals surface area (Å²) >= 11 is 0. The van der Waals surface area contributed by atoms with E-state index in [1.165, 1.54) is 24.0 Å². The highest BCUT2D eigenvalue weighted by atomic mass is 16.5. The lowest BCUT2D eigenvalue weighted by Gasteiger charge is -2.30. The van der Waals surface area contributed by atoms with Gasteiger partial charge in [-0.25, -0.2) is 0 Å². The predicted octanol–water partition coefficient (Wildman–Crippen LogP) is 2.75. The first-order valence-corrected chi connectivity index (χ1v) is 5.05. The summed E-state index contributed by atoms with van der Waals surface area (Å²) in [4.78, 5) is 0. The van der Waals surface area contributed by atoms with Crippen molar-refractivity contribution in [1.82, 2.24) is 0 Å². The van der Waals surface area contributed by atoms with E-state index >= 15 is 0 Å². The lowest BCUT2D eigenvalue weighted by molar-refractivity contribution is 0.352. The van der Waals surface area contributed by atoms with Crippen LogP contribution in [0.4, 0.5) is 0 Å². The molecule has 0 heterocycles. The third-order valence-corrected chi connectivity index (χ3v) is 3.04. The van der Waals surface area contributed by atoms with Crippen molar-refractivity contribution in [3.8, 4) is 11.5 Å². The van der Waals surface area contributed by atoms with Gasteiger partial charge in [0, 0.05) is 0 Å². The van der Waals surface area contributed by atoms with Crippen LogP contribution in [0, 0.1) is 0 Å². The molecule has 0 bridgehead atoms. The monoisotopic (exact) mass is 192 g/mol. The molecule has 0 spiro atoms. The van der Waals surface area contributed by atoms with E-state index < -0.39 is 0 Å². The van der Waals surface area contributed by atoms with Gasteiger partial charge in [0.25, 0.3) is 0 Å². The predicted molar refractivity (Wildman–Crippen MR) is 56.3 cm³/mol. The molecule has 1 unspecified atom stereocenters. The van der Waals surface area contributed by atoms with Crippen LogP contribution in [-0.2, 0) is 6.42 Å². The van der Waals surface area contributed by atoms with Gasteiger partial charge in [-0.2, -0.15) is 0 Å². The van der Waals surface area contributed by atoms with Gasteiger partial charge in [0.2, 0.25) is 0 Å². The summed E-state index contributed by atoms with van der Waals surface area (Å²) in [5, 5.41) is 0.